The number of nitrogens with zero attached hydrogens (tertiary/aromatic N) is 2. The van der Waals surface area contributed by atoms with Crippen molar-refractivity contribution in [1.82, 2.24) is 5.16 Å². The summed E-state index contributed by atoms with van der Waals surface area (Å²) in [5.74, 6) is 0.656. The number of rotatable bonds is 2. The van der Waals surface area contributed by atoms with Crippen LogP contribution in [-0.4, -0.2) is 25.8 Å². The van der Waals surface area contributed by atoms with Crippen molar-refractivity contribution in [2.24, 2.45) is 4.99 Å². The molecule has 0 N–H and O–H groups in total. The molecule has 0 saturated carbocycles. The SMILES string of the molecule is Cc1noc(C)c1C1=CC(S(=O)(=O)Cl)=C2C=CC=NC2C1. The van der Waals surface area contributed by atoms with Crippen LogP contribution >= 0.6 is 10.7 Å². The third-order valence-electron chi connectivity index (χ3n) is 3.61. The van der Waals surface area contributed by atoms with Gasteiger partial charge in [-0.15, -0.1) is 0 Å². The van der Waals surface area contributed by atoms with Crippen molar-refractivity contribution >= 4 is 31.5 Å². The molecule has 0 saturated heterocycles. The lowest BCUT2D eigenvalue weighted by atomic mass is 9.88. The van der Waals surface area contributed by atoms with Crippen LogP contribution in [-0.2, 0) is 9.05 Å². The van der Waals surface area contributed by atoms with E-state index in [-0.39, 0.29) is 10.9 Å². The molecule has 1 atom stereocenters. The van der Waals surface area contributed by atoms with Crippen LogP contribution in [0.4, 0.5) is 0 Å². The van der Waals surface area contributed by atoms with Gasteiger partial charge in [-0.2, -0.15) is 0 Å². The maximum atomic E-state index is 11.9. The summed E-state index contributed by atoms with van der Waals surface area (Å²) >= 11 is 0. The predicted octanol–water partition coefficient (Wildman–Crippen LogP) is 2.91. The van der Waals surface area contributed by atoms with Crippen LogP contribution in [0.5, 0.6) is 0 Å². The van der Waals surface area contributed by atoms with E-state index >= 15 is 0 Å². The first-order valence-electron chi connectivity index (χ1n) is 6.40. The van der Waals surface area contributed by atoms with Crippen molar-refractivity contribution in [3.8, 4) is 0 Å². The van der Waals surface area contributed by atoms with Crippen LogP contribution in [0.25, 0.3) is 5.57 Å². The van der Waals surface area contributed by atoms with Gasteiger partial charge >= 0.3 is 0 Å². The normalized spacial score (nSPS) is 21.5. The number of hydrogen-bond acceptors (Lipinski definition) is 5. The second-order valence-corrected chi connectivity index (χ2v) is 7.54. The molecule has 2 aliphatic rings. The Morgan fingerprint density at radius 1 is 1.38 bits per heavy atom. The molecule has 1 aromatic heterocycles. The molecule has 1 aliphatic carbocycles. The van der Waals surface area contributed by atoms with E-state index in [1.165, 1.54) is 0 Å². The standard InChI is InChI=1S/C14H13ClN2O3S/c1-8-14(9(2)20-17-8)10-6-12-11(4-3-5-16-12)13(7-10)21(15,18)19/h3-5,7,12H,6H2,1-2H3. The van der Waals surface area contributed by atoms with Crippen molar-refractivity contribution in [3.05, 3.63) is 45.7 Å². The molecular weight excluding hydrogens is 312 g/mol. The van der Waals surface area contributed by atoms with Gasteiger partial charge < -0.3 is 4.52 Å². The summed E-state index contributed by atoms with van der Waals surface area (Å²) in [5, 5.41) is 3.92. The first kappa shape index (κ1) is 14.3. The smallest absolute Gasteiger partial charge is 0.261 e. The summed E-state index contributed by atoms with van der Waals surface area (Å²) in [4.78, 5) is 4.45. The molecule has 0 aromatic carbocycles. The maximum absolute atomic E-state index is 11.9. The van der Waals surface area contributed by atoms with Crippen LogP contribution in [0.3, 0.4) is 0 Å². The summed E-state index contributed by atoms with van der Waals surface area (Å²) in [6.07, 6.45) is 7.32. The summed E-state index contributed by atoms with van der Waals surface area (Å²) in [6.45, 7) is 3.62. The number of hydrogen-bond donors (Lipinski definition) is 0. The van der Waals surface area contributed by atoms with Gasteiger partial charge in [-0.1, -0.05) is 11.2 Å². The molecule has 0 bridgehead atoms. The Balaban J connectivity index is 2.22. The Morgan fingerprint density at radius 2 is 2.14 bits per heavy atom. The van der Waals surface area contributed by atoms with E-state index in [0.717, 1.165) is 16.8 Å². The number of aryl methyl sites for hydroxylation is 2. The van der Waals surface area contributed by atoms with Gasteiger partial charge in [0.25, 0.3) is 9.05 Å². The van der Waals surface area contributed by atoms with Crippen molar-refractivity contribution in [3.63, 3.8) is 0 Å². The van der Waals surface area contributed by atoms with Gasteiger partial charge in [-0.05, 0) is 43.6 Å². The fraction of sp³-hybridized carbons (Fsp3) is 0.286. The van der Waals surface area contributed by atoms with E-state index < -0.39 is 9.05 Å². The lowest BCUT2D eigenvalue weighted by Gasteiger charge is -2.24. The minimum Gasteiger partial charge on any atom is -0.361 e. The van der Waals surface area contributed by atoms with Crippen LogP contribution in [0.2, 0.25) is 0 Å². The minimum atomic E-state index is -3.85. The van der Waals surface area contributed by atoms with Crippen LogP contribution in [0, 0.1) is 13.8 Å². The van der Waals surface area contributed by atoms with Gasteiger partial charge in [-0.3, -0.25) is 4.99 Å². The molecule has 0 spiro atoms. The third kappa shape index (κ3) is 2.49. The highest BCUT2D eigenvalue weighted by Crippen LogP contribution is 2.39. The highest BCUT2D eigenvalue weighted by molar-refractivity contribution is 8.17. The molecule has 1 aliphatic heterocycles. The topological polar surface area (TPSA) is 72.5 Å². The largest absolute Gasteiger partial charge is 0.361 e. The average Bonchev–Trinajstić information content (AvgIpc) is 2.76. The molecular formula is C14H13ClN2O3S. The highest BCUT2D eigenvalue weighted by atomic mass is 35.7. The molecule has 1 unspecified atom stereocenters. The van der Waals surface area contributed by atoms with Gasteiger partial charge in [0.2, 0.25) is 0 Å². The maximum Gasteiger partial charge on any atom is 0.261 e. The Morgan fingerprint density at radius 3 is 2.76 bits per heavy atom. The quantitative estimate of drug-likeness (QED) is 0.784. The van der Waals surface area contributed by atoms with Crippen molar-refractivity contribution in [1.29, 1.82) is 0 Å². The number of aliphatic imine (C=N–C) groups is 1. The molecule has 0 radical (unpaired) electrons. The van der Waals surface area contributed by atoms with E-state index in [9.17, 15) is 8.42 Å². The Labute approximate surface area is 127 Å². The van der Waals surface area contributed by atoms with Gasteiger partial charge in [0.05, 0.1) is 16.6 Å². The second-order valence-electron chi connectivity index (χ2n) is 5.00. The molecule has 1 aromatic rings. The zero-order valence-corrected chi connectivity index (χ0v) is 13.1. The zero-order valence-electron chi connectivity index (χ0n) is 11.5. The van der Waals surface area contributed by atoms with E-state index in [0.29, 0.717) is 17.8 Å². The Hall–Kier alpha value is -1.66. The van der Waals surface area contributed by atoms with Gasteiger partial charge in [0, 0.05) is 22.5 Å². The summed E-state index contributed by atoms with van der Waals surface area (Å²) in [7, 11) is 1.74. The van der Waals surface area contributed by atoms with Crippen molar-refractivity contribution in [2.75, 3.05) is 0 Å². The fourth-order valence-electron chi connectivity index (χ4n) is 2.74. The summed E-state index contributed by atoms with van der Waals surface area (Å²) < 4.78 is 28.9. The molecule has 21 heavy (non-hydrogen) atoms. The minimum absolute atomic E-state index is 0.100. The molecule has 0 fully saturated rings. The Bertz CT molecular complexity index is 809. The molecule has 5 nitrogen and oxygen atoms in total. The summed E-state index contributed by atoms with van der Waals surface area (Å²) in [5.41, 5.74) is 3.01. The molecule has 2 heterocycles. The van der Waals surface area contributed by atoms with E-state index in [2.05, 4.69) is 10.1 Å². The van der Waals surface area contributed by atoms with Crippen molar-refractivity contribution < 1.29 is 12.9 Å². The monoisotopic (exact) mass is 324 g/mol. The third-order valence-corrected chi connectivity index (χ3v) is 4.98. The van der Waals surface area contributed by atoms with E-state index in [1.807, 2.05) is 6.92 Å². The zero-order chi connectivity index (χ0) is 15.2. The predicted molar refractivity (Wildman–Crippen MR) is 81.8 cm³/mol. The van der Waals surface area contributed by atoms with Crippen LogP contribution in [0.15, 0.2) is 38.2 Å². The lowest BCUT2D eigenvalue weighted by molar-refractivity contribution is 0.393. The number of fused-ring (bicyclic) bond motifs is 1. The highest BCUT2D eigenvalue weighted by Gasteiger charge is 2.30. The summed E-state index contributed by atoms with van der Waals surface area (Å²) in [6, 6.07) is -0.243. The van der Waals surface area contributed by atoms with Crippen LogP contribution in [0.1, 0.15) is 23.4 Å². The first-order chi connectivity index (χ1) is 9.88. The van der Waals surface area contributed by atoms with E-state index in [4.69, 9.17) is 15.2 Å². The number of allylic oxidation sites excluding steroid dienone is 2. The van der Waals surface area contributed by atoms with Crippen molar-refractivity contribution in [2.45, 2.75) is 26.3 Å². The number of dihydropyridines is 1. The molecule has 0 amide bonds. The molecule has 7 heteroatoms. The van der Waals surface area contributed by atoms with Gasteiger partial charge in [0.15, 0.2) is 0 Å². The first-order valence-corrected chi connectivity index (χ1v) is 8.71. The number of aromatic nitrogens is 1. The van der Waals surface area contributed by atoms with Crippen LogP contribution < -0.4 is 0 Å². The fourth-order valence-corrected chi connectivity index (χ4v) is 3.91. The van der Waals surface area contributed by atoms with E-state index in [1.54, 1.807) is 31.4 Å². The second kappa shape index (κ2) is 4.96. The average molecular weight is 325 g/mol. The Kier molecular flexibility index (Phi) is 3.37. The molecule has 3 rings (SSSR count). The molecule has 110 valence electrons. The lowest BCUT2D eigenvalue weighted by Crippen LogP contribution is -2.19. The van der Waals surface area contributed by atoms with Gasteiger partial charge in [-0.25, -0.2) is 8.42 Å². The number of halogens is 1. The van der Waals surface area contributed by atoms with Gasteiger partial charge in [0.1, 0.15) is 5.76 Å².